The van der Waals surface area contributed by atoms with E-state index in [1.54, 1.807) is 0 Å². The van der Waals surface area contributed by atoms with E-state index < -0.39 is 7.14 Å². The zero-order chi connectivity index (χ0) is 19.6. The highest BCUT2D eigenvalue weighted by molar-refractivity contribution is 7.73. The summed E-state index contributed by atoms with van der Waals surface area (Å²) in [6.45, 7) is 10.5. The summed E-state index contributed by atoms with van der Waals surface area (Å²) in [7, 11) is -2.56. The molecule has 2 heteroatoms. The Kier molecular flexibility index (Phi) is 5.72. The van der Waals surface area contributed by atoms with Crippen molar-refractivity contribution in [3.63, 3.8) is 0 Å². The van der Waals surface area contributed by atoms with Gasteiger partial charge in [-0.2, -0.15) is 0 Å². The third kappa shape index (κ3) is 3.66. The summed E-state index contributed by atoms with van der Waals surface area (Å²) in [5, 5.41) is 1.02. The Labute approximate surface area is 163 Å². The summed E-state index contributed by atoms with van der Waals surface area (Å²) in [6.07, 6.45) is 0. The van der Waals surface area contributed by atoms with Gasteiger partial charge in [-0.25, -0.2) is 0 Å². The van der Waals surface area contributed by atoms with Crippen LogP contribution >= 0.6 is 7.14 Å². The first-order valence-corrected chi connectivity index (χ1v) is 11.6. The third-order valence-corrected chi connectivity index (χ3v) is 9.56. The molecule has 3 aromatic rings. The van der Waals surface area contributed by atoms with Crippen LogP contribution in [0.3, 0.4) is 0 Å². The molecule has 3 rings (SSSR count). The van der Waals surface area contributed by atoms with Crippen molar-refractivity contribution in [2.24, 2.45) is 0 Å². The second kappa shape index (κ2) is 7.87. The van der Waals surface area contributed by atoms with Gasteiger partial charge in [-0.15, -0.1) is 0 Å². The zero-order valence-corrected chi connectivity index (χ0v) is 17.8. The lowest BCUT2D eigenvalue weighted by atomic mass is 9.94. The monoisotopic (exact) mass is 376 g/mol. The molecule has 0 aliphatic rings. The third-order valence-electron chi connectivity index (χ3n) is 5.37. The molecule has 0 saturated carbocycles. The Balaban J connectivity index is 2.31. The minimum atomic E-state index is -2.56. The van der Waals surface area contributed by atoms with Crippen molar-refractivity contribution in [1.29, 1.82) is 0 Å². The number of hydrogen-bond donors (Lipinski definition) is 0. The number of benzene rings is 3. The molecule has 0 aliphatic carbocycles. The second-order valence-electron chi connectivity index (χ2n) is 7.83. The molecule has 0 saturated heterocycles. The molecular formula is C25H29OP. The van der Waals surface area contributed by atoms with Crippen molar-refractivity contribution >= 4 is 12.4 Å². The topological polar surface area (TPSA) is 17.1 Å². The van der Waals surface area contributed by atoms with E-state index in [4.69, 9.17) is 0 Å². The summed E-state index contributed by atoms with van der Waals surface area (Å²) >= 11 is 0. The maximum Gasteiger partial charge on any atom is 0.121 e. The lowest BCUT2D eigenvalue weighted by Crippen LogP contribution is -2.22. The van der Waals surface area contributed by atoms with E-state index in [1.807, 2.05) is 6.07 Å². The standard InChI is InChI=1S/C25H29OP/c1-18(2)27(26,19(3)4)25-17-20(5)15-16-24(25)23-14-10-9-13-22(23)21-11-7-6-8-12-21/h6-19H,1-5H3. The van der Waals surface area contributed by atoms with Crippen molar-refractivity contribution in [3.8, 4) is 22.3 Å². The van der Waals surface area contributed by atoms with Crippen molar-refractivity contribution in [3.05, 3.63) is 78.4 Å². The van der Waals surface area contributed by atoms with Crippen LogP contribution in [0.15, 0.2) is 72.8 Å². The van der Waals surface area contributed by atoms with Crippen molar-refractivity contribution in [1.82, 2.24) is 0 Å². The molecule has 3 aromatic carbocycles. The SMILES string of the molecule is Cc1ccc(-c2ccccc2-c2ccccc2)c(P(=O)(C(C)C)C(C)C)c1. The first-order chi connectivity index (χ1) is 12.9. The quantitative estimate of drug-likeness (QED) is 0.433. The summed E-state index contributed by atoms with van der Waals surface area (Å²) in [6, 6.07) is 25.3. The Bertz CT molecular complexity index is 959. The van der Waals surface area contributed by atoms with Gasteiger partial charge in [0.05, 0.1) is 0 Å². The normalized spacial score (nSPS) is 12.0. The van der Waals surface area contributed by atoms with Gasteiger partial charge >= 0.3 is 0 Å². The van der Waals surface area contributed by atoms with Crippen LogP contribution < -0.4 is 5.30 Å². The fraction of sp³-hybridized carbons (Fsp3) is 0.280. The summed E-state index contributed by atoms with van der Waals surface area (Å²) in [5.74, 6) is 0. The molecule has 0 spiro atoms. The average Bonchev–Trinajstić information content (AvgIpc) is 2.67. The summed E-state index contributed by atoms with van der Waals surface area (Å²) in [4.78, 5) is 0. The van der Waals surface area contributed by atoms with Gasteiger partial charge in [0.15, 0.2) is 0 Å². The van der Waals surface area contributed by atoms with E-state index in [1.165, 1.54) is 11.1 Å². The fourth-order valence-corrected chi connectivity index (χ4v) is 7.18. The van der Waals surface area contributed by atoms with E-state index in [9.17, 15) is 4.57 Å². The molecule has 0 bridgehead atoms. The van der Waals surface area contributed by atoms with Gasteiger partial charge in [0.2, 0.25) is 0 Å². The summed E-state index contributed by atoms with van der Waals surface area (Å²) < 4.78 is 14.2. The predicted octanol–water partition coefficient (Wildman–Crippen LogP) is 7.13. The van der Waals surface area contributed by atoms with Crippen LogP contribution in [0.4, 0.5) is 0 Å². The molecule has 27 heavy (non-hydrogen) atoms. The van der Waals surface area contributed by atoms with Gasteiger partial charge in [-0.05, 0) is 35.2 Å². The van der Waals surface area contributed by atoms with Gasteiger partial charge in [0, 0.05) is 16.6 Å². The molecule has 0 atom stereocenters. The number of rotatable bonds is 5. The summed E-state index contributed by atoms with van der Waals surface area (Å²) in [5.41, 5.74) is 6.01. The Morgan fingerprint density at radius 2 is 1.22 bits per heavy atom. The molecule has 0 fully saturated rings. The van der Waals surface area contributed by atoms with Crippen molar-refractivity contribution in [2.45, 2.75) is 45.9 Å². The molecule has 0 radical (unpaired) electrons. The van der Waals surface area contributed by atoms with Crippen LogP contribution in [0, 0.1) is 6.92 Å². The smallest absolute Gasteiger partial charge is 0.121 e. The van der Waals surface area contributed by atoms with Crippen LogP contribution in [0.25, 0.3) is 22.3 Å². The van der Waals surface area contributed by atoms with Gasteiger partial charge in [-0.1, -0.05) is 100.0 Å². The molecular weight excluding hydrogens is 347 g/mol. The Hall–Kier alpha value is -2.11. The van der Waals surface area contributed by atoms with E-state index >= 15 is 0 Å². The highest BCUT2D eigenvalue weighted by atomic mass is 31.2. The van der Waals surface area contributed by atoms with Gasteiger partial charge < -0.3 is 4.57 Å². The minimum Gasteiger partial charge on any atom is -0.318 e. The lowest BCUT2D eigenvalue weighted by Gasteiger charge is -2.29. The van der Waals surface area contributed by atoms with Gasteiger partial charge in [0.25, 0.3) is 0 Å². The largest absolute Gasteiger partial charge is 0.318 e. The first kappa shape index (κ1) is 19.6. The highest BCUT2D eigenvalue weighted by Crippen LogP contribution is 2.56. The van der Waals surface area contributed by atoms with Crippen LogP contribution in [-0.2, 0) is 4.57 Å². The minimum absolute atomic E-state index is 0.113. The number of aryl methyl sites for hydroxylation is 1. The van der Waals surface area contributed by atoms with E-state index in [2.05, 4.69) is 101 Å². The predicted molar refractivity (Wildman–Crippen MR) is 120 cm³/mol. The van der Waals surface area contributed by atoms with E-state index in [-0.39, 0.29) is 11.3 Å². The van der Waals surface area contributed by atoms with E-state index in [0.29, 0.717) is 0 Å². The Morgan fingerprint density at radius 3 is 1.81 bits per heavy atom. The molecule has 0 heterocycles. The van der Waals surface area contributed by atoms with Crippen LogP contribution in [0.1, 0.15) is 33.3 Å². The lowest BCUT2D eigenvalue weighted by molar-refractivity contribution is 0.569. The van der Waals surface area contributed by atoms with Gasteiger partial charge in [0.1, 0.15) is 7.14 Å². The molecule has 0 aromatic heterocycles. The van der Waals surface area contributed by atoms with Crippen LogP contribution in [-0.4, -0.2) is 11.3 Å². The van der Waals surface area contributed by atoms with Crippen molar-refractivity contribution < 1.29 is 4.57 Å². The van der Waals surface area contributed by atoms with Gasteiger partial charge in [-0.3, -0.25) is 0 Å². The molecule has 0 N–H and O–H groups in total. The highest BCUT2D eigenvalue weighted by Gasteiger charge is 2.35. The number of hydrogen-bond acceptors (Lipinski definition) is 1. The van der Waals surface area contributed by atoms with Crippen LogP contribution in [0.5, 0.6) is 0 Å². The first-order valence-electron chi connectivity index (χ1n) is 9.71. The Morgan fingerprint density at radius 1 is 0.667 bits per heavy atom. The molecule has 0 amide bonds. The molecule has 0 aliphatic heterocycles. The zero-order valence-electron chi connectivity index (χ0n) is 16.9. The molecule has 0 unspecified atom stereocenters. The van der Waals surface area contributed by atoms with E-state index in [0.717, 1.165) is 22.0 Å². The fourth-order valence-electron chi connectivity index (χ4n) is 3.90. The average molecular weight is 376 g/mol. The molecule has 1 nitrogen and oxygen atoms in total. The van der Waals surface area contributed by atoms with Crippen molar-refractivity contribution in [2.75, 3.05) is 0 Å². The van der Waals surface area contributed by atoms with Crippen LogP contribution in [0.2, 0.25) is 0 Å². The molecule has 140 valence electrons. The second-order valence-corrected chi connectivity index (χ2v) is 11.8. The maximum atomic E-state index is 14.2. The maximum absolute atomic E-state index is 14.2.